The Bertz CT molecular complexity index is 581. The first kappa shape index (κ1) is 18.3. The van der Waals surface area contributed by atoms with Crippen LogP contribution in [0.2, 0.25) is 0 Å². The first-order valence-corrected chi connectivity index (χ1v) is 8.89. The van der Waals surface area contributed by atoms with Crippen LogP contribution in [-0.2, 0) is 4.79 Å². The molecule has 1 aromatic rings. The summed E-state index contributed by atoms with van der Waals surface area (Å²) in [6.07, 6.45) is 3.10. The molecule has 130 valence electrons. The number of anilines is 1. The summed E-state index contributed by atoms with van der Waals surface area (Å²) in [4.78, 5) is 16.6. The maximum absolute atomic E-state index is 12.2. The average molecular weight is 328 g/mol. The van der Waals surface area contributed by atoms with Gasteiger partial charge < -0.3 is 10.2 Å². The van der Waals surface area contributed by atoms with E-state index >= 15 is 0 Å². The molecule has 0 spiro atoms. The van der Waals surface area contributed by atoms with E-state index in [1.807, 2.05) is 24.3 Å². The lowest BCUT2D eigenvalue weighted by molar-refractivity contribution is -0.122. The van der Waals surface area contributed by atoms with Crippen molar-refractivity contribution >= 4 is 11.6 Å². The van der Waals surface area contributed by atoms with Gasteiger partial charge in [0, 0.05) is 32.2 Å². The standard InChI is InChI=1S/C19H28N4O/c1-3-7-16(2)21-19(24)15-22-10-6-11-23(13-12-22)18-9-5-4-8-17(18)14-20/h4-5,8-9,16H,3,6-7,10-13,15H2,1-2H3,(H,21,24)/t16-/m1/s1. The third kappa shape index (κ3) is 5.24. The number of carbonyl (C=O) groups excluding carboxylic acids is 1. The molecule has 0 aliphatic carbocycles. The van der Waals surface area contributed by atoms with Gasteiger partial charge in [-0.1, -0.05) is 25.5 Å². The fraction of sp³-hybridized carbons (Fsp3) is 0.579. The number of carbonyl (C=O) groups is 1. The van der Waals surface area contributed by atoms with Gasteiger partial charge in [0.05, 0.1) is 17.8 Å². The van der Waals surface area contributed by atoms with Crippen molar-refractivity contribution in [3.8, 4) is 6.07 Å². The second-order valence-corrected chi connectivity index (χ2v) is 6.50. The van der Waals surface area contributed by atoms with Gasteiger partial charge in [0.1, 0.15) is 6.07 Å². The molecule has 0 radical (unpaired) electrons. The summed E-state index contributed by atoms with van der Waals surface area (Å²) in [5.74, 6) is 0.113. The van der Waals surface area contributed by atoms with Crippen molar-refractivity contribution < 1.29 is 4.79 Å². The molecule has 1 atom stereocenters. The van der Waals surface area contributed by atoms with E-state index in [0.717, 1.165) is 56.7 Å². The van der Waals surface area contributed by atoms with Crippen LogP contribution >= 0.6 is 0 Å². The van der Waals surface area contributed by atoms with E-state index in [1.165, 1.54) is 0 Å². The molecule has 5 heteroatoms. The van der Waals surface area contributed by atoms with Crippen molar-refractivity contribution in [3.63, 3.8) is 0 Å². The van der Waals surface area contributed by atoms with Crippen molar-refractivity contribution in [1.82, 2.24) is 10.2 Å². The second-order valence-electron chi connectivity index (χ2n) is 6.50. The number of benzene rings is 1. The van der Waals surface area contributed by atoms with E-state index in [9.17, 15) is 10.1 Å². The lowest BCUT2D eigenvalue weighted by Crippen LogP contribution is -2.42. The monoisotopic (exact) mass is 328 g/mol. The van der Waals surface area contributed by atoms with E-state index in [2.05, 4.69) is 35.0 Å². The quantitative estimate of drug-likeness (QED) is 0.871. The third-order valence-corrected chi connectivity index (χ3v) is 4.45. The molecule has 0 bridgehead atoms. The van der Waals surface area contributed by atoms with Gasteiger partial charge in [-0.25, -0.2) is 0 Å². The molecule has 1 heterocycles. The first-order valence-electron chi connectivity index (χ1n) is 8.89. The Morgan fingerprint density at radius 2 is 2.08 bits per heavy atom. The average Bonchev–Trinajstić information content (AvgIpc) is 2.80. The highest BCUT2D eigenvalue weighted by molar-refractivity contribution is 5.78. The number of hydrogen-bond acceptors (Lipinski definition) is 4. The number of nitrogens with one attached hydrogen (secondary N) is 1. The van der Waals surface area contributed by atoms with Crippen LogP contribution in [0.5, 0.6) is 0 Å². The van der Waals surface area contributed by atoms with Crippen LogP contribution in [0.3, 0.4) is 0 Å². The fourth-order valence-electron chi connectivity index (χ4n) is 3.24. The first-order chi connectivity index (χ1) is 11.6. The molecular formula is C19H28N4O. The van der Waals surface area contributed by atoms with Gasteiger partial charge in [0.2, 0.25) is 5.91 Å². The molecule has 1 aliphatic heterocycles. The maximum atomic E-state index is 12.2. The SMILES string of the molecule is CCC[C@@H](C)NC(=O)CN1CCCN(c2ccccc2C#N)CC1. The molecule has 0 aromatic heterocycles. The van der Waals surface area contributed by atoms with Crippen LogP contribution in [0.15, 0.2) is 24.3 Å². The molecule has 5 nitrogen and oxygen atoms in total. The van der Waals surface area contributed by atoms with Gasteiger partial charge in [-0.15, -0.1) is 0 Å². The normalized spacial score (nSPS) is 17.0. The summed E-state index contributed by atoms with van der Waals surface area (Å²) in [6.45, 7) is 8.17. The number of nitriles is 1. The number of rotatable bonds is 6. The highest BCUT2D eigenvalue weighted by Crippen LogP contribution is 2.21. The predicted octanol–water partition coefficient (Wildman–Crippen LogP) is 2.38. The number of para-hydroxylation sites is 1. The van der Waals surface area contributed by atoms with Gasteiger partial charge in [0.15, 0.2) is 0 Å². The molecule has 1 saturated heterocycles. The third-order valence-electron chi connectivity index (χ3n) is 4.45. The Hall–Kier alpha value is -2.06. The van der Waals surface area contributed by atoms with Crippen LogP contribution < -0.4 is 10.2 Å². The Balaban J connectivity index is 1.89. The summed E-state index contributed by atoms with van der Waals surface area (Å²) in [5, 5.41) is 12.4. The molecule has 0 unspecified atom stereocenters. The van der Waals surface area contributed by atoms with E-state index in [1.54, 1.807) is 0 Å². The lowest BCUT2D eigenvalue weighted by atomic mass is 10.1. The summed E-state index contributed by atoms with van der Waals surface area (Å²) in [5.41, 5.74) is 1.72. The van der Waals surface area contributed by atoms with Crippen LogP contribution in [0, 0.1) is 11.3 Å². The van der Waals surface area contributed by atoms with Crippen LogP contribution in [0.25, 0.3) is 0 Å². The topological polar surface area (TPSA) is 59.4 Å². The van der Waals surface area contributed by atoms with Crippen molar-refractivity contribution in [2.75, 3.05) is 37.6 Å². The molecule has 1 fully saturated rings. The zero-order valence-electron chi connectivity index (χ0n) is 14.8. The van der Waals surface area contributed by atoms with E-state index in [4.69, 9.17) is 0 Å². The fourth-order valence-corrected chi connectivity index (χ4v) is 3.24. The smallest absolute Gasteiger partial charge is 0.234 e. The Kier molecular flexibility index (Phi) is 7.07. The minimum atomic E-state index is 0.113. The summed E-state index contributed by atoms with van der Waals surface area (Å²) in [6, 6.07) is 10.3. The molecule has 0 saturated carbocycles. The molecule has 1 aliphatic rings. The highest BCUT2D eigenvalue weighted by atomic mass is 16.2. The highest BCUT2D eigenvalue weighted by Gasteiger charge is 2.19. The van der Waals surface area contributed by atoms with Gasteiger partial charge in [-0.05, 0) is 31.9 Å². The molecule has 1 amide bonds. The molecule has 24 heavy (non-hydrogen) atoms. The minimum Gasteiger partial charge on any atom is -0.369 e. The van der Waals surface area contributed by atoms with Gasteiger partial charge in [-0.3, -0.25) is 9.69 Å². The largest absolute Gasteiger partial charge is 0.369 e. The van der Waals surface area contributed by atoms with E-state index in [0.29, 0.717) is 6.54 Å². The number of hydrogen-bond donors (Lipinski definition) is 1. The Morgan fingerprint density at radius 3 is 2.83 bits per heavy atom. The van der Waals surface area contributed by atoms with Gasteiger partial charge in [0.25, 0.3) is 0 Å². The van der Waals surface area contributed by atoms with Crippen molar-refractivity contribution in [1.29, 1.82) is 5.26 Å². The molecule has 2 rings (SSSR count). The number of amides is 1. The van der Waals surface area contributed by atoms with Gasteiger partial charge in [-0.2, -0.15) is 5.26 Å². The van der Waals surface area contributed by atoms with Gasteiger partial charge >= 0.3 is 0 Å². The predicted molar refractivity (Wildman–Crippen MR) is 96.9 cm³/mol. The summed E-state index contributed by atoms with van der Waals surface area (Å²) >= 11 is 0. The van der Waals surface area contributed by atoms with Crippen LogP contribution in [-0.4, -0.2) is 49.6 Å². The minimum absolute atomic E-state index is 0.113. The van der Waals surface area contributed by atoms with Crippen LogP contribution in [0.4, 0.5) is 5.69 Å². The van der Waals surface area contributed by atoms with Crippen molar-refractivity contribution in [3.05, 3.63) is 29.8 Å². The Morgan fingerprint density at radius 1 is 1.29 bits per heavy atom. The molecular weight excluding hydrogens is 300 g/mol. The van der Waals surface area contributed by atoms with Crippen molar-refractivity contribution in [2.24, 2.45) is 0 Å². The zero-order chi connectivity index (χ0) is 17.4. The van der Waals surface area contributed by atoms with Crippen molar-refractivity contribution in [2.45, 2.75) is 39.2 Å². The maximum Gasteiger partial charge on any atom is 0.234 e. The number of nitrogens with zero attached hydrogens (tertiary/aromatic N) is 3. The second kappa shape index (κ2) is 9.29. The molecule has 1 aromatic carbocycles. The lowest BCUT2D eigenvalue weighted by Gasteiger charge is -2.24. The van der Waals surface area contributed by atoms with E-state index < -0.39 is 0 Å². The zero-order valence-corrected chi connectivity index (χ0v) is 14.8. The van der Waals surface area contributed by atoms with Crippen LogP contribution in [0.1, 0.15) is 38.7 Å². The Labute approximate surface area is 145 Å². The summed E-state index contributed by atoms with van der Waals surface area (Å²) < 4.78 is 0. The molecule has 1 N–H and O–H groups in total. The summed E-state index contributed by atoms with van der Waals surface area (Å²) in [7, 11) is 0. The van der Waals surface area contributed by atoms with E-state index in [-0.39, 0.29) is 11.9 Å².